The fourth-order valence-corrected chi connectivity index (χ4v) is 8.26. The maximum atomic E-state index is 13.7. The molecule has 2 amide bonds. The van der Waals surface area contributed by atoms with Crippen LogP contribution in [0.2, 0.25) is 0 Å². The van der Waals surface area contributed by atoms with E-state index in [1.165, 1.54) is 48.7 Å². The lowest BCUT2D eigenvalue weighted by Crippen LogP contribution is -2.23. The van der Waals surface area contributed by atoms with Crippen molar-refractivity contribution >= 4 is 39.0 Å². The van der Waals surface area contributed by atoms with E-state index in [2.05, 4.69) is 20.5 Å². The molecule has 4 aromatic carbocycles. The molecule has 0 aliphatic rings. The second-order valence-corrected chi connectivity index (χ2v) is 17.5. The number of aromatic carboxylic acids is 1. The summed E-state index contributed by atoms with van der Waals surface area (Å²) in [6, 6.07) is 25.9. The number of benzene rings is 4. The van der Waals surface area contributed by atoms with Crippen LogP contribution in [0.15, 0.2) is 114 Å². The molecule has 0 aliphatic carbocycles. The highest BCUT2D eigenvalue weighted by atomic mass is 32.2. The Morgan fingerprint density at radius 2 is 1.29 bits per heavy atom. The zero-order chi connectivity index (χ0) is 48.9. The van der Waals surface area contributed by atoms with Gasteiger partial charge in [-0.2, -0.15) is 13.2 Å². The van der Waals surface area contributed by atoms with Crippen LogP contribution in [0.5, 0.6) is 0 Å². The lowest BCUT2D eigenvalue weighted by Gasteiger charge is -2.23. The molecule has 0 fully saturated rings. The van der Waals surface area contributed by atoms with Crippen LogP contribution in [0.25, 0.3) is 11.3 Å². The number of nitrogens with zero attached hydrogens (tertiary/aromatic N) is 2. The number of halogens is 3. The Hall–Kier alpha value is -6.18. The van der Waals surface area contributed by atoms with E-state index in [4.69, 9.17) is 24.1 Å². The SMILES string of the molecule is CCN(CC)c1ccc(NC(=O)c2cccc(CCCOCCOCCOCCOCCCS(=O)(=O)c3ccc(C(=O)O)cc3)c2)c(-c2cc(C(=O)NCc3cccc(C(F)(F)F)c3)ccn2)c1. The summed E-state index contributed by atoms with van der Waals surface area (Å²) in [6.07, 6.45) is -1.35. The lowest BCUT2D eigenvalue weighted by molar-refractivity contribution is -0.137. The molecular formula is C50H57F3N4O10S. The maximum absolute atomic E-state index is 13.7. The highest BCUT2D eigenvalue weighted by Gasteiger charge is 2.30. The number of carboxylic acid groups (broad SMARTS) is 1. The van der Waals surface area contributed by atoms with Gasteiger partial charge in [-0.05, 0) is 123 Å². The summed E-state index contributed by atoms with van der Waals surface area (Å²) >= 11 is 0. The average Bonchev–Trinajstić information content (AvgIpc) is 3.33. The Bertz CT molecular complexity index is 2540. The molecule has 0 unspecified atom stereocenters. The van der Waals surface area contributed by atoms with Crippen molar-refractivity contribution < 1.29 is 60.0 Å². The number of aromatic nitrogens is 1. The molecule has 68 heavy (non-hydrogen) atoms. The molecule has 0 spiro atoms. The molecule has 18 heteroatoms. The number of alkyl halides is 3. The van der Waals surface area contributed by atoms with Crippen molar-refractivity contribution in [2.45, 2.75) is 50.7 Å². The number of rotatable bonds is 28. The van der Waals surface area contributed by atoms with Crippen molar-refractivity contribution in [3.8, 4) is 11.3 Å². The van der Waals surface area contributed by atoms with Crippen LogP contribution in [0, 0.1) is 0 Å². The number of carboxylic acids is 1. The van der Waals surface area contributed by atoms with Crippen LogP contribution < -0.4 is 15.5 Å². The summed E-state index contributed by atoms with van der Waals surface area (Å²) in [4.78, 5) is 44.7. The van der Waals surface area contributed by atoms with Crippen LogP contribution in [0.4, 0.5) is 24.5 Å². The molecule has 0 saturated carbocycles. The third-order valence-electron chi connectivity index (χ3n) is 10.6. The number of aryl methyl sites for hydroxylation is 1. The molecule has 364 valence electrons. The van der Waals surface area contributed by atoms with Crippen molar-refractivity contribution in [1.82, 2.24) is 10.3 Å². The molecule has 0 aliphatic heterocycles. The fraction of sp³-hybridized carbons (Fsp3) is 0.360. The van der Waals surface area contributed by atoms with E-state index >= 15 is 0 Å². The first-order valence-electron chi connectivity index (χ1n) is 22.3. The van der Waals surface area contributed by atoms with E-state index in [0.29, 0.717) is 87.2 Å². The second kappa shape index (κ2) is 26.4. The van der Waals surface area contributed by atoms with Gasteiger partial charge >= 0.3 is 12.1 Å². The van der Waals surface area contributed by atoms with Crippen LogP contribution in [-0.4, -0.2) is 108 Å². The van der Waals surface area contributed by atoms with Gasteiger partial charge in [0.05, 0.1) is 72.8 Å². The second-order valence-electron chi connectivity index (χ2n) is 15.4. The van der Waals surface area contributed by atoms with Crippen LogP contribution in [0.3, 0.4) is 0 Å². The minimum absolute atomic E-state index is 0.0198. The largest absolute Gasteiger partial charge is 0.478 e. The molecule has 0 bridgehead atoms. The highest BCUT2D eigenvalue weighted by molar-refractivity contribution is 7.91. The van der Waals surface area contributed by atoms with E-state index in [1.807, 2.05) is 44.2 Å². The first-order valence-corrected chi connectivity index (χ1v) is 23.9. The zero-order valence-corrected chi connectivity index (χ0v) is 38.9. The van der Waals surface area contributed by atoms with Gasteiger partial charge in [-0.3, -0.25) is 14.6 Å². The first kappa shape index (κ1) is 52.8. The number of carbonyl (C=O) groups is 3. The molecule has 3 N–H and O–H groups in total. The maximum Gasteiger partial charge on any atom is 0.416 e. The third kappa shape index (κ3) is 16.6. The third-order valence-corrected chi connectivity index (χ3v) is 12.4. The minimum Gasteiger partial charge on any atom is -0.478 e. The Balaban J connectivity index is 1.01. The molecule has 0 atom stereocenters. The molecule has 0 radical (unpaired) electrons. The topological polar surface area (TPSA) is 183 Å². The van der Waals surface area contributed by atoms with Gasteiger partial charge in [-0.15, -0.1) is 0 Å². The van der Waals surface area contributed by atoms with Crippen LogP contribution in [-0.2, 0) is 47.9 Å². The summed E-state index contributed by atoms with van der Waals surface area (Å²) in [5.41, 5.74) is 3.55. The van der Waals surface area contributed by atoms with Gasteiger partial charge in [0.2, 0.25) is 0 Å². The number of carbonyl (C=O) groups excluding carboxylic acids is 2. The summed E-state index contributed by atoms with van der Waals surface area (Å²) in [5.74, 6) is -2.07. The zero-order valence-electron chi connectivity index (χ0n) is 38.1. The van der Waals surface area contributed by atoms with Gasteiger partial charge in [-0.25, -0.2) is 13.2 Å². The van der Waals surface area contributed by atoms with Gasteiger partial charge in [-0.1, -0.05) is 24.3 Å². The number of nitrogens with one attached hydrogen (secondary N) is 2. The predicted molar refractivity (Wildman–Crippen MR) is 252 cm³/mol. The highest BCUT2D eigenvalue weighted by Crippen LogP contribution is 2.33. The number of hydrogen-bond acceptors (Lipinski definition) is 11. The Morgan fingerprint density at radius 3 is 1.94 bits per heavy atom. The summed E-state index contributed by atoms with van der Waals surface area (Å²) in [6.45, 7) is 8.28. The smallest absolute Gasteiger partial charge is 0.416 e. The Morgan fingerprint density at radius 1 is 0.676 bits per heavy atom. The molecular weight excluding hydrogens is 906 g/mol. The number of amides is 2. The molecule has 5 rings (SSSR count). The quantitative estimate of drug-likeness (QED) is 0.0408. The molecule has 1 aromatic heterocycles. The van der Waals surface area contributed by atoms with E-state index in [1.54, 1.807) is 18.2 Å². The predicted octanol–water partition coefficient (Wildman–Crippen LogP) is 8.36. The van der Waals surface area contributed by atoms with E-state index in [-0.39, 0.29) is 47.3 Å². The molecule has 14 nitrogen and oxygen atoms in total. The molecule has 5 aromatic rings. The van der Waals surface area contributed by atoms with Crippen molar-refractivity contribution in [3.63, 3.8) is 0 Å². The van der Waals surface area contributed by atoms with E-state index in [0.717, 1.165) is 36.5 Å². The summed E-state index contributed by atoms with van der Waals surface area (Å²) in [7, 11) is -3.54. The number of anilines is 2. The van der Waals surface area contributed by atoms with Crippen LogP contribution >= 0.6 is 0 Å². The molecule has 0 saturated heterocycles. The number of sulfone groups is 1. The van der Waals surface area contributed by atoms with Gasteiger partial charge in [0.15, 0.2) is 9.84 Å². The van der Waals surface area contributed by atoms with Gasteiger partial charge in [0.1, 0.15) is 0 Å². The number of pyridine rings is 1. The van der Waals surface area contributed by atoms with Gasteiger partial charge < -0.3 is 39.6 Å². The minimum atomic E-state index is -4.50. The van der Waals surface area contributed by atoms with Gasteiger partial charge in [0.25, 0.3) is 11.8 Å². The van der Waals surface area contributed by atoms with E-state index in [9.17, 15) is 36.0 Å². The van der Waals surface area contributed by atoms with Crippen molar-refractivity contribution in [1.29, 1.82) is 0 Å². The normalized spacial score (nSPS) is 11.6. The first-order chi connectivity index (χ1) is 32.7. The summed E-state index contributed by atoms with van der Waals surface area (Å²) in [5, 5.41) is 14.7. The van der Waals surface area contributed by atoms with Crippen LogP contribution in [0.1, 0.15) is 74.5 Å². The lowest BCUT2D eigenvalue weighted by atomic mass is 10.0. The Kier molecular flexibility index (Phi) is 20.5. The average molecular weight is 963 g/mol. The number of ether oxygens (including phenoxy) is 4. The Labute approximate surface area is 394 Å². The van der Waals surface area contributed by atoms with Crippen molar-refractivity contribution in [2.24, 2.45) is 0 Å². The monoisotopic (exact) mass is 962 g/mol. The van der Waals surface area contributed by atoms with Gasteiger partial charge in [0, 0.05) is 61.4 Å². The standard InChI is InChI=1S/C50H57F3N4O10S/c1-3-57(4-2)42-16-19-45(44(34-42)46-33-40(20-21-54-46)47(58)55-35-37-10-6-13-41(32-37)50(51,52)53)56-48(59)39-12-5-9-36(31-39)11-7-22-64-24-26-66-28-29-67-27-25-65-23-8-30-68(62,63)43-17-14-38(15-18-43)49(60)61/h5-6,9-10,12-21,31-34H,3-4,7-8,11,22-30,35H2,1-2H3,(H,55,58)(H,56,59)(H,60,61). The molecule has 1 heterocycles. The number of hydrogen-bond donors (Lipinski definition) is 3. The van der Waals surface area contributed by atoms with E-state index < -0.39 is 33.5 Å². The van der Waals surface area contributed by atoms with Crippen molar-refractivity contribution in [3.05, 3.63) is 143 Å². The summed E-state index contributed by atoms with van der Waals surface area (Å²) < 4.78 is 86.8. The van der Waals surface area contributed by atoms with Crippen molar-refractivity contribution in [2.75, 3.05) is 81.9 Å². The fourth-order valence-electron chi connectivity index (χ4n) is 6.98.